The first-order valence-electron chi connectivity index (χ1n) is 5.53. The third-order valence-electron chi connectivity index (χ3n) is 2.73. The van der Waals surface area contributed by atoms with E-state index in [2.05, 4.69) is 4.98 Å². The van der Waals surface area contributed by atoms with Crippen molar-refractivity contribution in [1.82, 2.24) is 4.98 Å². The van der Waals surface area contributed by atoms with Crippen molar-refractivity contribution in [3.05, 3.63) is 22.9 Å². The van der Waals surface area contributed by atoms with Crippen LogP contribution in [0, 0.1) is 25.2 Å². The summed E-state index contributed by atoms with van der Waals surface area (Å²) in [4.78, 5) is 4.31. The van der Waals surface area contributed by atoms with Crippen molar-refractivity contribution in [1.29, 1.82) is 5.41 Å². The van der Waals surface area contributed by atoms with Crippen molar-refractivity contribution in [2.75, 3.05) is 6.61 Å². The average molecular weight is 219 g/mol. The number of aryl methyl sites for hydroxylation is 2. The van der Waals surface area contributed by atoms with Crippen molar-refractivity contribution in [3.63, 3.8) is 0 Å². The largest absolute Gasteiger partial charge is 0.477 e. The summed E-state index contributed by atoms with van der Waals surface area (Å²) in [7, 11) is 0. The SMILES string of the molecule is Cc1cc(C)c(C(=N)N)c(OCC2CC2)n1. The molecule has 4 nitrogen and oxygen atoms in total. The molecule has 1 aliphatic rings. The first kappa shape index (κ1) is 10.9. The van der Waals surface area contributed by atoms with Crippen LogP contribution in [0.1, 0.15) is 29.7 Å². The lowest BCUT2D eigenvalue weighted by molar-refractivity contribution is 0.287. The van der Waals surface area contributed by atoms with Crippen LogP contribution < -0.4 is 10.5 Å². The lowest BCUT2D eigenvalue weighted by atomic mass is 10.1. The molecule has 0 radical (unpaired) electrons. The van der Waals surface area contributed by atoms with Gasteiger partial charge < -0.3 is 10.5 Å². The predicted octanol–water partition coefficient (Wildman–Crippen LogP) is 1.77. The van der Waals surface area contributed by atoms with Gasteiger partial charge in [-0.2, -0.15) is 0 Å². The first-order chi connectivity index (χ1) is 7.58. The van der Waals surface area contributed by atoms with Crippen LogP contribution in [0.3, 0.4) is 0 Å². The van der Waals surface area contributed by atoms with E-state index >= 15 is 0 Å². The lowest BCUT2D eigenvalue weighted by Gasteiger charge is -2.12. The predicted molar refractivity (Wildman–Crippen MR) is 62.9 cm³/mol. The Bertz CT molecular complexity index is 425. The summed E-state index contributed by atoms with van der Waals surface area (Å²) in [5.74, 6) is 1.20. The number of nitrogen functional groups attached to an aromatic ring is 1. The van der Waals surface area contributed by atoms with E-state index in [0.29, 0.717) is 24.0 Å². The minimum atomic E-state index is 0.0239. The van der Waals surface area contributed by atoms with Crippen LogP contribution in [0.5, 0.6) is 5.88 Å². The van der Waals surface area contributed by atoms with E-state index in [9.17, 15) is 0 Å². The van der Waals surface area contributed by atoms with Gasteiger partial charge in [-0.05, 0) is 44.2 Å². The molecule has 1 saturated carbocycles. The number of hydrogen-bond acceptors (Lipinski definition) is 3. The quantitative estimate of drug-likeness (QED) is 0.598. The topological polar surface area (TPSA) is 72.0 Å². The van der Waals surface area contributed by atoms with Crippen molar-refractivity contribution >= 4 is 5.84 Å². The molecule has 0 aromatic carbocycles. The van der Waals surface area contributed by atoms with Crippen LogP contribution in [-0.2, 0) is 0 Å². The Balaban J connectivity index is 2.27. The Morgan fingerprint density at radius 2 is 2.25 bits per heavy atom. The first-order valence-corrected chi connectivity index (χ1v) is 5.53. The molecule has 0 saturated heterocycles. The maximum atomic E-state index is 7.55. The maximum absolute atomic E-state index is 7.55. The number of nitrogens with one attached hydrogen (secondary N) is 1. The number of pyridine rings is 1. The Labute approximate surface area is 95.3 Å². The van der Waals surface area contributed by atoms with E-state index in [1.807, 2.05) is 19.9 Å². The number of aromatic nitrogens is 1. The smallest absolute Gasteiger partial charge is 0.225 e. The van der Waals surface area contributed by atoms with E-state index in [1.165, 1.54) is 12.8 Å². The lowest BCUT2D eigenvalue weighted by Crippen LogP contribution is -2.17. The number of ether oxygens (including phenoxy) is 1. The molecule has 1 aromatic rings. The van der Waals surface area contributed by atoms with Gasteiger partial charge in [0.25, 0.3) is 0 Å². The van der Waals surface area contributed by atoms with Crippen LogP contribution in [0.2, 0.25) is 0 Å². The minimum absolute atomic E-state index is 0.0239. The monoisotopic (exact) mass is 219 g/mol. The molecule has 1 heterocycles. The summed E-state index contributed by atoms with van der Waals surface area (Å²) in [6.45, 7) is 4.53. The van der Waals surface area contributed by atoms with E-state index in [4.69, 9.17) is 15.9 Å². The molecule has 0 amide bonds. The van der Waals surface area contributed by atoms with Gasteiger partial charge >= 0.3 is 0 Å². The van der Waals surface area contributed by atoms with Gasteiger partial charge in [-0.3, -0.25) is 5.41 Å². The second-order valence-electron chi connectivity index (χ2n) is 4.43. The molecule has 0 atom stereocenters. The molecule has 1 fully saturated rings. The second kappa shape index (κ2) is 4.12. The number of rotatable bonds is 4. The standard InChI is InChI=1S/C12H17N3O/c1-7-5-8(2)15-12(10(7)11(13)14)16-6-9-3-4-9/h5,9H,3-4,6H2,1-2H3,(H3,13,14). The van der Waals surface area contributed by atoms with Gasteiger partial charge in [-0.15, -0.1) is 0 Å². The van der Waals surface area contributed by atoms with E-state index < -0.39 is 0 Å². The summed E-state index contributed by atoms with van der Waals surface area (Å²) < 4.78 is 5.65. The fraction of sp³-hybridized carbons (Fsp3) is 0.500. The van der Waals surface area contributed by atoms with E-state index in [0.717, 1.165) is 11.3 Å². The van der Waals surface area contributed by atoms with Crippen LogP contribution in [0.15, 0.2) is 6.07 Å². The maximum Gasteiger partial charge on any atom is 0.225 e. The number of amidine groups is 1. The average Bonchev–Trinajstić information content (AvgIpc) is 2.95. The molecule has 86 valence electrons. The van der Waals surface area contributed by atoms with Gasteiger partial charge in [-0.25, -0.2) is 4.98 Å². The number of nitrogens with zero attached hydrogens (tertiary/aromatic N) is 1. The zero-order valence-electron chi connectivity index (χ0n) is 9.71. The van der Waals surface area contributed by atoms with Gasteiger partial charge in [0.1, 0.15) is 5.84 Å². The fourth-order valence-corrected chi connectivity index (χ4v) is 1.72. The van der Waals surface area contributed by atoms with Crippen LogP contribution in [-0.4, -0.2) is 17.4 Å². The molecule has 16 heavy (non-hydrogen) atoms. The molecule has 0 aliphatic heterocycles. The van der Waals surface area contributed by atoms with E-state index in [-0.39, 0.29) is 5.84 Å². The van der Waals surface area contributed by atoms with Crippen molar-refractivity contribution in [2.45, 2.75) is 26.7 Å². The van der Waals surface area contributed by atoms with E-state index in [1.54, 1.807) is 0 Å². The highest BCUT2D eigenvalue weighted by Crippen LogP contribution is 2.30. The molecule has 1 aromatic heterocycles. The summed E-state index contributed by atoms with van der Waals surface area (Å²) in [6.07, 6.45) is 2.47. The third-order valence-corrected chi connectivity index (χ3v) is 2.73. The number of nitrogens with two attached hydrogens (primary N) is 1. The molecular weight excluding hydrogens is 202 g/mol. The Morgan fingerprint density at radius 1 is 1.56 bits per heavy atom. The van der Waals surface area contributed by atoms with Gasteiger partial charge in [0, 0.05) is 5.69 Å². The molecular formula is C12H17N3O. The van der Waals surface area contributed by atoms with Crippen LogP contribution >= 0.6 is 0 Å². The Hall–Kier alpha value is -1.58. The summed E-state index contributed by atoms with van der Waals surface area (Å²) in [5.41, 5.74) is 8.03. The second-order valence-corrected chi connectivity index (χ2v) is 4.43. The van der Waals surface area contributed by atoms with Gasteiger partial charge in [0.05, 0.1) is 12.2 Å². The highest BCUT2D eigenvalue weighted by Gasteiger charge is 2.23. The van der Waals surface area contributed by atoms with Crippen LogP contribution in [0.25, 0.3) is 0 Å². The fourth-order valence-electron chi connectivity index (χ4n) is 1.72. The molecule has 0 bridgehead atoms. The summed E-state index contributed by atoms with van der Waals surface area (Å²) in [5, 5.41) is 7.55. The van der Waals surface area contributed by atoms with Crippen LogP contribution in [0.4, 0.5) is 0 Å². The zero-order chi connectivity index (χ0) is 11.7. The van der Waals surface area contributed by atoms with Crippen molar-refractivity contribution < 1.29 is 4.74 Å². The Kier molecular flexibility index (Phi) is 2.81. The molecule has 2 rings (SSSR count). The van der Waals surface area contributed by atoms with Gasteiger partial charge in [-0.1, -0.05) is 0 Å². The zero-order valence-corrected chi connectivity index (χ0v) is 9.71. The molecule has 1 aliphatic carbocycles. The normalized spacial score (nSPS) is 14.9. The highest BCUT2D eigenvalue weighted by atomic mass is 16.5. The van der Waals surface area contributed by atoms with Crippen molar-refractivity contribution in [3.8, 4) is 5.88 Å². The minimum Gasteiger partial charge on any atom is -0.477 e. The third kappa shape index (κ3) is 2.32. The summed E-state index contributed by atoms with van der Waals surface area (Å²) >= 11 is 0. The van der Waals surface area contributed by atoms with Crippen molar-refractivity contribution in [2.24, 2.45) is 11.7 Å². The molecule has 4 heteroatoms. The highest BCUT2D eigenvalue weighted by molar-refractivity contribution is 5.98. The summed E-state index contributed by atoms with van der Waals surface area (Å²) in [6, 6.07) is 1.92. The molecule has 0 spiro atoms. The van der Waals surface area contributed by atoms with Gasteiger partial charge in [0.2, 0.25) is 5.88 Å². The molecule has 3 N–H and O–H groups in total. The number of hydrogen-bond donors (Lipinski definition) is 2. The van der Waals surface area contributed by atoms with Gasteiger partial charge in [0.15, 0.2) is 0 Å². The molecule has 0 unspecified atom stereocenters. The Morgan fingerprint density at radius 3 is 2.81 bits per heavy atom.